The fraction of sp³-hybridized carbons (Fsp3) is 0.519. The second-order valence-corrected chi connectivity index (χ2v) is 12.0. The molecule has 38 heavy (non-hydrogen) atoms. The van der Waals surface area contributed by atoms with E-state index in [1.165, 1.54) is 0 Å². The highest BCUT2D eigenvalue weighted by molar-refractivity contribution is 7.89. The Morgan fingerprint density at radius 3 is 2.55 bits per heavy atom. The van der Waals surface area contributed by atoms with E-state index in [2.05, 4.69) is 10.0 Å². The monoisotopic (exact) mass is 542 g/mol. The summed E-state index contributed by atoms with van der Waals surface area (Å²) in [6.07, 6.45) is 4.32. The molecule has 2 fully saturated rings. The molecular weight excluding hydrogens is 504 g/mol. The third kappa shape index (κ3) is 6.44. The molecular formula is C27H38N6O4S. The number of nitrogens with two attached hydrogens (primary N) is 1. The summed E-state index contributed by atoms with van der Waals surface area (Å²) in [5.41, 5.74) is 5.70. The molecule has 206 valence electrons. The predicted molar refractivity (Wildman–Crippen MR) is 147 cm³/mol. The topological polar surface area (TPSA) is 149 Å². The summed E-state index contributed by atoms with van der Waals surface area (Å²) in [7, 11) is -2.21. The fourth-order valence-electron chi connectivity index (χ4n) is 5.86. The smallest absolute Gasteiger partial charge is 0.242 e. The van der Waals surface area contributed by atoms with Crippen molar-refractivity contribution in [1.82, 2.24) is 19.8 Å². The largest absolute Gasteiger partial charge is 0.370 e. The van der Waals surface area contributed by atoms with Crippen LogP contribution in [0.1, 0.15) is 38.5 Å². The van der Waals surface area contributed by atoms with Crippen LogP contribution in [0.15, 0.2) is 47.4 Å². The molecule has 10 nitrogen and oxygen atoms in total. The van der Waals surface area contributed by atoms with Crippen molar-refractivity contribution in [3.05, 3.63) is 42.5 Å². The number of benzene rings is 2. The lowest BCUT2D eigenvalue weighted by Crippen LogP contribution is -2.56. The van der Waals surface area contributed by atoms with Crippen molar-refractivity contribution in [2.24, 2.45) is 17.6 Å². The third-order valence-electron chi connectivity index (χ3n) is 7.75. The first kappa shape index (κ1) is 27.8. The van der Waals surface area contributed by atoms with Gasteiger partial charge in [0.15, 0.2) is 5.96 Å². The quantitative estimate of drug-likeness (QED) is 0.296. The summed E-state index contributed by atoms with van der Waals surface area (Å²) in [4.78, 5) is 29.9. The number of rotatable bonds is 8. The number of sulfonamides is 1. The van der Waals surface area contributed by atoms with Crippen LogP contribution in [-0.2, 0) is 19.6 Å². The number of guanidine groups is 1. The van der Waals surface area contributed by atoms with E-state index in [9.17, 15) is 18.0 Å². The number of carbonyl (C=O) groups is 2. The summed E-state index contributed by atoms with van der Waals surface area (Å²) < 4.78 is 28.3. The Hall–Kier alpha value is -3.18. The van der Waals surface area contributed by atoms with Crippen LogP contribution < -0.4 is 15.8 Å². The van der Waals surface area contributed by atoms with Crippen molar-refractivity contribution in [1.29, 1.82) is 5.41 Å². The van der Waals surface area contributed by atoms with Gasteiger partial charge >= 0.3 is 0 Å². The maximum atomic E-state index is 13.3. The Bertz CT molecular complexity index is 1280. The van der Waals surface area contributed by atoms with E-state index in [-0.39, 0.29) is 41.6 Å². The SMILES string of the molecule is CNC(=O)C1C(C[C@H]2CCCN(C(=N)N)C2)CCCN1C(=O)CCNS(=O)(=O)c1ccc2ccccc2c1. The van der Waals surface area contributed by atoms with Gasteiger partial charge in [-0.3, -0.25) is 15.0 Å². The van der Waals surface area contributed by atoms with E-state index in [0.717, 1.165) is 49.4 Å². The molecule has 0 saturated carbocycles. The molecule has 0 aromatic heterocycles. The Kier molecular flexibility index (Phi) is 8.88. The van der Waals surface area contributed by atoms with Crippen LogP contribution in [0.25, 0.3) is 10.8 Å². The van der Waals surface area contributed by atoms with E-state index < -0.39 is 16.1 Å². The van der Waals surface area contributed by atoms with Crippen LogP contribution in [0.5, 0.6) is 0 Å². The van der Waals surface area contributed by atoms with Crippen molar-refractivity contribution in [3.63, 3.8) is 0 Å². The number of fused-ring (bicyclic) bond motifs is 1. The molecule has 2 aromatic carbocycles. The highest BCUT2D eigenvalue weighted by Gasteiger charge is 2.40. The summed E-state index contributed by atoms with van der Waals surface area (Å²) >= 11 is 0. The van der Waals surface area contributed by atoms with Gasteiger partial charge < -0.3 is 20.9 Å². The van der Waals surface area contributed by atoms with Crippen molar-refractivity contribution < 1.29 is 18.0 Å². The van der Waals surface area contributed by atoms with Crippen LogP contribution in [0.2, 0.25) is 0 Å². The summed E-state index contributed by atoms with van der Waals surface area (Å²) in [6.45, 7) is 1.88. The van der Waals surface area contributed by atoms with Gasteiger partial charge in [0.2, 0.25) is 21.8 Å². The molecule has 0 spiro atoms. The molecule has 0 bridgehead atoms. The maximum Gasteiger partial charge on any atom is 0.242 e. The maximum absolute atomic E-state index is 13.3. The zero-order valence-electron chi connectivity index (χ0n) is 21.9. The number of hydrogen-bond donors (Lipinski definition) is 4. The second kappa shape index (κ2) is 12.1. The number of hydrogen-bond acceptors (Lipinski definition) is 5. The lowest BCUT2D eigenvalue weighted by atomic mass is 9.79. The minimum Gasteiger partial charge on any atom is -0.370 e. The van der Waals surface area contributed by atoms with Gasteiger partial charge in [-0.25, -0.2) is 13.1 Å². The first-order chi connectivity index (χ1) is 18.2. The average molecular weight is 543 g/mol. The van der Waals surface area contributed by atoms with Crippen LogP contribution in [0, 0.1) is 17.2 Å². The predicted octanol–water partition coefficient (Wildman–Crippen LogP) is 1.86. The summed E-state index contributed by atoms with van der Waals surface area (Å²) in [6, 6.07) is 11.9. The number of piperidine rings is 2. The third-order valence-corrected chi connectivity index (χ3v) is 9.21. The lowest BCUT2D eigenvalue weighted by Gasteiger charge is -2.43. The summed E-state index contributed by atoms with van der Waals surface area (Å²) in [5, 5.41) is 12.3. The van der Waals surface area contributed by atoms with Gasteiger partial charge in [0.25, 0.3) is 0 Å². The average Bonchev–Trinajstić information content (AvgIpc) is 2.92. The van der Waals surface area contributed by atoms with Crippen molar-refractivity contribution >= 4 is 38.6 Å². The Balaban J connectivity index is 1.39. The van der Waals surface area contributed by atoms with Gasteiger partial charge in [0, 0.05) is 39.6 Å². The Labute approximate surface area is 224 Å². The number of likely N-dealkylation sites (N-methyl/N-ethyl adjacent to an activating group) is 1. The molecule has 2 aromatic rings. The molecule has 5 N–H and O–H groups in total. The normalized spacial score (nSPS) is 22.3. The Morgan fingerprint density at radius 2 is 1.82 bits per heavy atom. The molecule has 11 heteroatoms. The van der Waals surface area contributed by atoms with E-state index >= 15 is 0 Å². The molecule has 0 aliphatic carbocycles. The van der Waals surface area contributed by atoms with Gasteiger partial charge in [-0.15, -0.1) is 0 Å². The van der Waals surface area contributed by atoms with E-state index in [1.54, 1.807) is 30.1 Å². The van der Waals surface area contributed by atoms with Crippen LogP contribution in [0.4, 0.5) is 0 Å². The minimum absolute atomic E-state index is 0.00107. The highest BCUT2D eigenvalue weighted by atomic mass is 32.2. The number of carbonyl (C=O) groups excluding carboxylic acids is 2. The zero-order valence-corrected chi connectivity index (χ0v) is 22.7. The van der Waals surface area contributed by atoms with Crippen molar-refractivity contribution in [3.8, 4) is 0 Å². The van der Waals surface area contributed by atoms with Gasteiger partial charge in [-0.2, -0.15) is 0 Å². The van der Waals surface area contributed by atoms with Gasteiger partial charge in [0.1, 0.15) is 6.04 Å². The molecule has 2 unspecified atom stereocenters. The number of nitrogens with zero attached hydrogens (tertiary/aromatic N) is 2. The van der Waals surface area contributed by atoms with E-state index in [0.29, 0.717) is 19.0 Å². The number of nitrogens with one attached hydrogen (secondary N) is 3. The van der Waals surface area contributed by atoms with Gasteiger partial charge in [-0.05, 0) is 66.8 Å². The fourth-order valence-corrected chi connectivity index (χ4v) is 6.93. The number of likely N-dealkylation sites (tertiary alicyclic amines) is 2. The molecule has 4 rings (SSSR count). The van der Waals surface area contributed by atoms with Crippen molar-refractivity contribution in [2.45, 2.75) is 49.5 Å². The lowest BCUT2D eigenvalue weighted by molar-refractivity contribution is -0.145. The molecule has 2 aliphatic rings. The number of amides is 2. The molecule has 3 atom stereocenters. The first-order valence-electron chi connectivity index (χ1n) is 13.3. The molecule has 2 amide bonds. The van der Waals surface area contributed by atoms with Gasteiger partial charge in [0.05, 0.1) is 4.90 Å². The minimum atomic E-state index is -3.79. The zero-order chi connectivity index (χ0) is 27.3. The van der Waals surface area contributed by atoms with Crippen LogP contribution in [0.3, 0.4) is 0 Å². The van der Waals surface area contributed by atoms with Gasteiger partial charge in [-0.1, -0.05) is 30.3 Å². The molecule has 2 aliphatic heterocycles. The Morgan fingerprint density at radius 1 is 1.08 bits per heavy atom. The van der Waals surface area contributed by atoms with Crippen molar-refractivity contribution in [2.75, 3.05) is 33.2 Å². The summed E-state index contributed by atoms with van der Waals surface area (Å²) in [5.74, 6) is -0.0610. The molecule has 0 radical (unpaired) electrons. The van der Waals surface area contributed by atoms with Crippen LogP contribution >= 0.6 is 0 Å². The first-order valence-corrected chi connectivity index (χ1v) is 14.8. The standard InChI is InChI=1S/C27H38N6O4S/c1-30-26(35)25-22(16-19-6-4-14-32(18-19)27(28)29)9-5-15-33(25)24(34)12-13-31-38(36,37)23-11-10-20-7-2-3-8-21(20)17-23/h2-3,7-8,10-11,17,19,22,25,31H,4-6,9,12-16,18H2,1H3,(H3,28,29)(H,30,35)/t19-,22?,25?/m1/s1. The van der Waals surface area contributed by atoms with E-state index in [4.69, 9.17) is 11.1 Å². The molecule has 2 saturated heterocycles. The highest BCUT2D eigenvalue weighted by Crippen LogP contribution is 2.33. The molecule has 2 heterocycles. The van der Waals surface area contributed by atoms with Crippen LogP contribution in [-0.4, -0.2) is 75.3 Å². The second-order valence-electron chi connectivity index (χ2n) is 10.3. The van der Waals surface area contributed by atoms with E-state index in [1.807, 2.05) is 29.2 Å².